The Labute approximate surface area is 90.3 Å². The SMILES string of the molecule is CCOc1cc(CCl)cc(C(C)C)n1. The summed E-state index contributed by atoms with van der Waals surface area (Å²) in [7, 11) is 0. The third kappa shape index (κ3) is 2.88. The molecule has 1 aromatic rings. The number of halogens is 1. The van der Waals surface area contributed by atoms with Gasteiger partial charge in [0, 0.05) is 17.6 Å². The molecule has 2 nitrogen and oxygen atoms in total. The van der Waals surface area contributed by atoms with Crippen LogP contribution in [0.4, 0.5) is 0 Å². The molecule has 0 fully saturated rings. The van der Waals surface area contributed by atoms with Gasteiger partial charge in [0.1, 0.15) is 0 Å². The Hall–Kier alpha value is -0.760. The largest absolute Gasteiger partial charge is 0.478 e. The van der Waals surface area contributed by atoms with Crippen LogP contribution in [0.2, 0.25) is 0 Å². The molecular weight excluding hydrogens is 198 g/mol. The topological polar surface area (TPSA) is 22.1 Å². The fourth-order valence-corrected chi connectivity index (χ4v) is 1.33. The summed E-state index contributed by atoms with van der Waals surface area (Å²) in [6, 6.07) is 3.92. The van der Waals surface area contributed by atoms with Crippen LogP contribution in [0.1, 0.15) is 37.9 Å². The van der Waals surface area contributed by atoms with Crippen molar-refractivity contribution in [3.63, 3.8) is 0 Å². The van der Waals surface area contributed by atoms with Gasteiger partial charge < -0.3 is 4.74 Å². The average Bonchev–Trinajstić information content (AvgIpc) is 2.17. The van der Waals surface area contributed by atoms with E-state index in [1.807, 2.05) is 19.1 Å². The molecule has 0 radical (unpaired) electrons. The van der Waals surface area contributed by atoms with E-state index in [-0.39, 0.29) is 0 Å². The van der Waals surface area contributed by atoms with Crippen molar-refractivity contribution in [3.05, 3.63) is 23.4 Å². The van der Waals surface area contributed by atoms with Gasteiger partial charge in [-0.15, -0.1) is 11.6 Å². The Bertz CT molecular complexity index is 299. The van der Waals surface area contributed by atoms with Gasteiger partial charge in [0.25, 0.3) is 0 Å². The fourth-order valence-electron chi connectivity index (χ4n) is 1.18. The zero-order chi connectivity index (χ0) is 10.6. The highest BCUT2D eigenvalue weighted by atomic mass is 35.5. The standard InChI is InChI=1S/C11H16ClNO/c1-4-14-11-6-9(7-12)5-10(13-11)8(2)3/h5-6,8H,4,7H2,1-3H3. The maximum Gasteiger partial charge on any atom is 0.213 e. The highest BCUT2D eigenvalue weighted by Gasteiger charge is 2.06. The van der Waals surface area contributed by atoms with Crippen LogP contribution < -0.4 is 4.74 Å². The van der Waals surface area contributed by atoms with Gasteiger partial charge in [-0.25, -0.2) is 4.98 Å². The molecule has 0 saturated carbocycles. The lowest BCUT2D eigenvalue weighted by atomic mass is 10.1. The first-order chi connectivity index (χ1) is 6.67. The van der Waals surface area contributed by atoms with Crippen LogP contribution in [0.25, 0.3) is 0 Å². The molecule has 0 spiro atoms. The number of rotatable bonds is 4. The second-order valence-electron chi connectivity index (χ2n) is 3.46. The number of alkyl halides is 1. The van der Waals surface area contributed by atoms with Crippen molar-refractivity contribution in [1.29, 1.82) is 0 Å². The molecule has 0 unspecified atom stereocenters. The van der Waals surface area contributed by atoms with Crippen molar-refractivity contribution in [2.45, 2.75) is 32.6 Å². The number of hydrogen-bond acceptors (Lipinski definition) is 2. The number of nitrogens with zero attached hydrogens (tertiary/aromatic N) is 1. The molecule has 0 atom stereocenters. The molecule has 14 heavy (non-hydrogen) atoms. The summed E-state index contributed by atoms with van der Waals surface area (Å²) in [5.74, 6) is 1.58. The van der Waals surface area contributed by atoms with Crippen molar-refractivity contribution in [1.82, 2.24) is 4.98 Å². The lowest BCUT2D eigenvalue weighted by Crippen LogP contribution is -2.00. The summed E-state index contributed by atoms with van der Waals surface area (Å²) in [6.07, 6.45) is 0. The minimum absolute atomic E-state index is 0.400. The van der Waals surface area contributed by atoms with Gasteiger partial charge in [-0.05, 0) is 24.5 Å². The molecular formula is C11H16ClNO. The van der Waals surface area contributed by atoms with Gasteiger partial charge in [0.15, 0.2) is 0 Å². The van der Waals surface area contributed by atoms with Gasteiger partial charge in [-0.2, -0.15) is 0 Å². The number of ether oxygens (including phenoxy) is 1. The number of hydrogen-bond donors (Lipinski definition) is 0. The van der Waals surface area contributed by atoms with Crippen LogP contribution in [0.5, 0.6) is 5.88 Å². The van der Waals surface area contributed by atoms with E-state index in [0.29, 0.717) is 24.3 Å². The van der Waals surface area contributed by atoms with Crippen molar-refractivity contribution < 1.29 is 4.74 Å². The second-order valence-corrected chi connectivity index (χ2v) is 3.73. The summed E-state index contributed by atoms with van der Waals surface area (Å²) < 4.78 is 5.37. The van der Waals surface area contributed by atoms with Crippen LogP contribution in [0.15, 0.2) is 12.1 Å². The van der Waals surface area contributed by atoms with Crippen molar-refractivity contribution in [2.75, 3.05) is 6.61 Å². The van der Waals surface area contributed by atoms with Crippen LogP contribution in [0, 0.1) is 0 Å². The van der Waals surface area contributed by atoms with E-state index in [2.05, 4.69) is 18.8 Å². The molecule has 1 aromatic heterocycles. The van der Waals surface area contributed by atoms with Crippen LogP contribution in [-0.4, -0.2) is 11.6 Å². The average molecular weight is 214 g/mol. The Morgan fingerprint density at radius 2 is 2.14 bits per heavy atom. The Kier molecular flexibility index (Phi) is 4.21. The first-order valence-corrected chi connectivity index (χ1v) is 5.40. The van der Waals surface area contributed by atoms with Crippen LogP contribution in [-0.2, 0) is 5.88 Å². The third-order valence-electron chi connectivity index (χ3n) is 1.92. The van der Waals surface area contributed by atoms with E-state index < -0.39 is 0 Å². The zero-order valence-electron chi connectivity index (χ0n) is 8.88. The van der Waals surface area contributed by atoms with E-state index in [4.69, 9.17) is 16.3 Å². The molecule has 0 N–H and O–H groups in total. The zero-order valence-corrected chi connectivity index (χ0v) is 9.64. The molecule has 3 heteroatoms. The molecule has 0 aliphatic rings. The Morgan fingerprint density at radius 3 is 2.64 bits per heavy atom. The first kappa shape index (κ1) is 11.3. The lowest BCUT2D eigenvalue weighted by Gasteiger charge is -2.09. The van der Waals surface area contributed by atoms with E-state index >= 15 is 0 Å². The maximum atomic E-state index is 5.79. The Balaban J connectivity index is 3.00. The summed E-state index contributed by atoms with van der Waals surface area (Å²) in [5.41, 5.74) is 2.10. The molecule has 78 valence electrons. The molecule has 0 amide bonds. The number of pyridine rings is 1. The minimum Gasteiger partial charge on any atom is -0.478 e. The normalized spacial score (nSPS) is 10.6. The van der Waals surface area contributed by atoms with E-state index in [1.54, 1.807) is 0 Å². The molecule has 0 bridgehead atoms. The highest BCUT2D eigenvalue weighted by molar-refractivity contribution is 6.17. The maximum absolute atomic E-state index is 5.79. The first-order valence-electron chi connectivity index (χ1n) is 4.87. The van der Waals surface area contributed by atoms with E-state index in [9.17, 15) is 0 Å². The quantitative estimate of drug-likeness (QED) is 0.716. The molecule has 0 aromatic carbocycles. The highest BCUT2D eigenvalue weighted by Crippen LogP contribution is 2.19. The Morgan fingerprint density at radius 1 is 1.43 bits per heavy atom. The summed E-state index contributed by atoms with van der Waals surface area (Å²) in [4.78, 5) is 4.39. The van der Waals surface area contributed by atoms with E-state index in [0.717, 1.165) is 11.3 Å². The summed E-state index contributed by atoms with van der Waals surface area (Å²) in [5, 5.41) is 0. The van der Waals surface area contributed by atoms with Gasteiger partial charge in [-0.1, -0.05) is 13.8 Å². The van der Waals surface area contributed by atoms with Crippen molar-refractivity contribution in [3.8, 4) is 5.88 Å². The molecule has 1 heterocycles. The van der Waals surface area contributed by atoms with Crippen molar-refractivity contribution >= 4 is 11.6 Å². The molecule has 0 saturated heterocycles. The summed E-state index contributed by atoms with van der Waals surface area (Å²) >= 11 is 5.79. The fraction of sp³-hybridized carbons (Fsp3) is 0.545. The second kappa shape index (κ2) is 5.20. The van der Waals surface area contributed by atoms with Crippen LogP contribution >= 0.6 is 11.6 Å². The number of aromatic nitrogens is 1. The summed E-state index contributed by atoms with van der Waals surface area (Å²) in [6.45, 7) is 6.80. The molecule has 0 aliphatic carbocycles. The monoisotopic (exact) mass is 213 g/mol. The predicted molar refractivity (Wildman–Crippen MR) is 59.1 cm³/mol. The van der Waals surface area contributed by atoms with Crippen LogP contribution in [0.3, 0.4) is 0 Å². The third-order valence-corrected chi connectivity index (χ3v) is 2.23. The van der Waals surface area contributed by atoms with Crippen molar-refractivity contribution in [2.24, 2.45) is 0 Å². The van der Waals surface area contributed by atoms with Gasteiger partial charge in [0.05, 0.1) is 6.61 Å². The predicted octanol–water partition coefficient (Wildman–Crippen LogP) is 3.34. The molecule has 0 aliphatic heterocycles. The smallest absolute Gasteiger partial charge is 0.213 e. The minimum atomic E-state index is 0.400. The van der Waals surface area contributed by atoms with Gasteiger partial charge >= 0.3 is 0 Å². The van der Waals surface area contributed by atoms with E-state index in [1.165, 1.54) is 0 Å². The molecule has 1 rings (SSSR count). The lowest BCUT2D eigenvalue weighted by molar-refractivity contribution is 0.325. The van der Waals surface area contributed by atoms with Gasteiger partial charge in [0.2, 0.25) is 5.88 Å². The van der Waals surface area contributed by atoms with Gasteiger partial charge in [-0.3, -0.25) is 0 Å².